The topological polar surface area (TPSA) is 102 Å². The summed E-state index contributed by atoms with van der Waals surface area (Å²) in [6, 6.07) is 1.86. The van der Waals surface area contributed by atoms with Crippen LogP contribution in [0.15, 0.2) is 0 Å². The van der Waals surface area contributed by atoms with E-state index in [4.69, 9.17) is 20.5 Å². The maximum atomic E-state index is 11.8. The summed E-state index contributed by atoms with van der Waals surface area (Å²) in [5.41, 5.74) is 5.80. The van der Waals surface area contributed by atoms with Crippen LogP contribution >= 0.6 is 11.3 Å². The van der Waals surface area contributed by atoms with Gasteiger partial charge in [0.2, 0.25) is 0 Å². The highest BCUT2D eigenvalue weighted by Crippen LogP contribution is 2.31. The largest absolute Gasteiger partial charge is 0.466 e. The standard InChI is InChI=1S/C12H14N2O4S/c1-3-17-9(15)5-8-10(12(16)18-4-2)7(6-13)11(14)19-8/h3-5,14H2,1-2H3. The van der Waals surface area contributed by atoms with Crippen LogP contribution < -0.4 is 5.73 Å². The average Bonchev–Trinajstić information content (AvgIpc) is 2.65. The number of carbonyl (C=O) groups excluding carboxylic acids is 2. The highest BCUT2D eigenvalue weighted by atomic mass is 32.1. The molecule has 0 amide bonds. The molecule has 7 heteroatoms. The molecular formula is C12H14N2O4S. The van der Waals surface area contributed by atoms with Crippen LogP contribution in [0.4, 0.5) is 5.00 Å². The van der Waals surface area contributed by atoms with Crippen molar-refractivity contribution in [3.8, 4) is 6.07 Å². The third-order valence-electron chi connectivity index (χ3n) is 2.21. The summed E-state index contributed by atoms with van der Waals surface area (Å²) in [6.45, 7) is 3.77. The molecule has 1 rings (SSSR count). The molecule has 0 unspecified atom stereocenters. The van der Waals surface area contributed by atoms with Crippen molar-refractivity contribution in [2.75, 3.05) is 18.9 Å². The molecule has 2 N–H and O–H groups in total. The molecule has 0 fully saturated rings. The van der Waals surface area contributed by atoms with Gasteiger partial charge in [0.05, 0.1) is 25.2 Å². The summed E-state index contributed by atoms with van der Waals surface area (Å²) in [7, 11) is 0. The van der Waals surface area contributed by atoms with Gasteiger partial charge in [-0.15, -0.1) is 11.3 Å². The SMILES string of the molecule is CCOC(=O)Cc1sc(N)c(C#N)c1C(=O)OCC. The second kappa shape index (κ2) is 6.75. The number of anilines is 1. The summed E-state index contributed by atoms with van der Waals surface area (Å²) in [6.07, 6.45) is -0.0987. The molecule has 19 heavy (non-hydrogen) atoms. The first kappa shape index (κ1) is 15.0. The first-order valence-corrected chi connectivity index (χ1v) is 6.50. The van der Waals surface area contributed by atoms with Crippen LogP contribution in [-0.2, 0) is 20.7 Å². The van der Waals surface area contributed by atoms with Gasteiger partial charge in [-0.3, -0.25) is 4.79 Å². The van der Waals surface area contributed by atoms with E-state index in [1.165, 1.54) is 0 Å². The third-order valence-corrected chi connectivity index (χ3v) is 3.23. The Labute approximate surface area is 114 Å². The molecule has 0 bridgehead atoms. The van der Waals surface area contributed by atoms with Gasteiger partial charge in [-0.1, -0.05) is 0 Å². The fourth-order valence-corrected chi connectivity index (χ4v) is 2.49. The second-order valence-corrected chi connectivity index (χ2v) is 4.59. The van der Waals surface area contributed by atoms with E-state index in [1.807, 2.05) is 6.07 Å². The minimum absolute atomic E-state index is 0.0581. The number of nitrogens with zero attached hydrogens (tertiary/aromatic N) is 1. The minimum atomic E-state index is -0.647. The summed E-state index contributed by atoms with van der Waals surface area (Å²) >= 11 is 1.03. The van der Waals surface area contributed by atoms with Gasteiger partial charge in [0, 0.05) is 4.88 Å². The summed E-state index contributed by atoms with van der Waals surface area (Å²) in [4.78, 5) is 23.7. The van der Waals surface area contributed by atoms with Gasteiger partial charge in [0.15, 0.2) is 0 Å². The molecule has 1 aromatic rings. The first-order valence-electron chi connectivity index (χ1n) is 5.69. The molecule has 0 aromatic carbocycles. The maximum Gasteiger partial charge on any atom is 0.340 e. The Bertz CT molecular complexity index is 531. The summed E-state index contributed by atoms with van der Waals surface area (Å²) in [5, 5.41) is 9.22. The van der Waals surface area contributed by atoms with Crippen molar-refractivity contribution >= 4 is 28.3 Å². The number of hydrogen-bond acceptors (Lipinski definition) is 7. The lowest BCUT2D eigenvalue weighted by Gasteiger charge is -2.04. The minimum Gasteiger partial charge on any atom is -0.466 e. The van der Waals surface area contributed by atoms with Crippen molar-refractivity contribution < 1.29 is 19.1 Å². The molecule has 0 saturated heterocycles. The van der Waals surface area contributed by atoms with Gasteiger partial charge in [-0.25, -0.2) is 4.79 Å². The maximum absolute atomic E-state index is 11.8. The average molecular weight is 282 g/mol. The number of ether oxygens (including phenoxy) is 2. The number of rotatable bonds is 5. The Morgan fingerprint density at radius 3 is 2.47 bits per heavy atom. The molecule has 0 saturated carbocycles. The van der Waals surface area contributed by atoms with Gasteiger partial charge < -0.3 is 15.2 Å². The van der Waals surface area contributed by atoms with E-state index in [9.17, 15) is 9.59 Å². The molecule has 6 nitrogen and oxygen atoms in total. The van der Waals surface area contributed by atoms with E-state index in [1.54, 1.807) is 13.8 Å². The Kier molecular flexibility index (Phi) is 5.33. The Hall–Kier alpha value is -2.07. The Morgan fingerprint density at radius 1 is 1.32 bits per heavy atom. The predicted octanol–water partition coefficient (Wildman–Crippen LogP) is 1.48. The first-order chi connectivity index (χ1) is 9.04. The molecule has 0 atom stereocenters. The van der Waals surface area contributed by atoms with Gasteiger partial charge in [0.1, 0.15) is 16.6 Å². The summed E-state index contributed by atoms with van der Waals surface area (Å²) < 4.78 is 9.69. The molecule has 0 aliphatic heterocycles. The molecular weight excluding hydrogens is 268 g/mol. The van der Waals surface area contributed by atoms with Crippen LogP contribution in [-0.4, -0.2) is 25.2 Å². The molecule has 0 aliphatic carbocycles. The molecule has 1 heterocycles. The zero-order valence-electron chi connectivity index (χ0n) is 10.7. The number of esters is 2. The van der Waals surface area contributed by atoms with Crippen molar-refractivity contribution in [2.24, 2.45) is 0 Å². The Morgan fingerprint density at radius 2 is 1.95 bits per heavy atom. The normalized spacial score (nSPS) is 9.74. The smallest absolute Gasteiger partial charge is 0.340 e. The molecule has 0 spiro atoms. The highest BCUT2D eigenvalue weighted by molar-refractivity contribution is 7.16. The lowest BCUT2D eigenvalue weighted by atomic mass is 10.1. The van der Waals surface area contributed by atoms with Crippen LogP contribution in [0.3, 0.4) is 0 Å². The number of thiophene rings is 1. The number of nitrogen functional groups attached to an aromatic ring is 1. The van der Waals surface area contributed by atoms with E-state index in [2.05, 4.69) is 0 Å². The zero-order valence-corrected chi connectivity index (χ0v) is 11.5. The lowest BCUT2D eigenvalue weighted by molar-refractivity contribution is -0.142. The zero-order chi connectivity index (χ0) is 14.4. The van der Waals surface area contributed by atoms with Gasteiger partial charge >= 0.3 is 11.9 Å². The highest BCUT2D eigenvalue weighted by Gasteiger charge is 2.25. The lowest BCUT2D eigenvalue weighted by Crippen LogP contribution is -2.12. The fourth-order valence-electron chi connectivity index (χ4n) is 1.50. The third kappa shape index (κ3) is 3.45. The second-order valence-electron chi connectivity index (χ2n) is 3.45. The monoisotopic (exact) mass is 282 g/mol. The predicted molar refractivity (Wildman–Crippen MR) is 69.7 cm³/mol. The van der Waals surface area contributed by atoms with E-state index >= 15 is 0 Å². The molecule has 1 aromatic heterocycles. The van der Waals surface area contributed by atoms with Crippen LogP contribution in [0.25, 0.3) is 0 Å². The van der Waals surface area contributed by atoms with E-state index in [0.717, 1.165) is 11.3 Å². The number of hydrogen-bond donors (Lipinski definition) is 1. The Balaban J connectivity index is 3.14. The molecule has 0 aliphatic rings. The van der Waals surface area contributed by atoms with E-state index < -0.39 is 11.9 Å². The quantitative estimate of drug-likeness (QED) is 0.821. The number of nitriles is 1. The van der Waals surface area contributed by atoms with E-state index in [-0.39, 0.29) is 35.8 Å². The van der Waals surface area contributed by atoms with Crippen molar-refractivity contribution in [3.05, 3.63) is 16.0 Å². The van der Waals surface area contributed by atoms with Crippen molar-refractivity contribution in [1.29, 1.82) is 5.26 Å². The molecule has 0 radical (unpaired) electrons. The van der Waals surface area contributed by atoms with Crippen molar-refractivity contribution in [1.82, 2.24) is 0 Å². The summed E-state index contributed by atoms with van der Waals surface area (Å²) in [5.74, 6) is -1.12. The van der Waals surface area contributed by atoms with Crippen LogP contribution in [0, 0.1) is 11.3 Å². The van der Waals surface area contributed by atoms with Crippen LogP contribution in [0.1, 0.15) is 34.6 Å². The van der Waals surface area contributed by atoms with E-state index in [0.29, 0.717) is 4.88 Å². The van der Waals surface area contributed by atoms with Crippen LogP contribution in [0.2, 0.25) is 0 Å². The number of carbonyl (C=O) groups is 2. The van der Waals surface area contributed by atoms with Gasteiger partial charge in [-0.2, -0.15) is 5.26 Å². The van der Waals surface area contributed by atoms with Crippen molar-refractivity contribution in [3.63, 3.8) is 0 Å². The van der Waals surface area contributed by atoms with Gasteiger partial charge in [0.25, 0.3) is 0 Å². The fraction of sp³-hybridized carbons (Fsp3) is 0.417. The van der Waals surface area contributed by atoms with Crippen molar-refractivity contribution in [2.45, 2.75) is 20.3 Å². The van der Waals surface area contributed by atoms with Crippen LogP contribution in [0.5, 0.6) is 0 Å². The van der Waals surface area contributed by atoms with Gasteiger partial charge in [-0.05, 0) is 13.8 Å². The molecule has 102 valence electrons. The number of nitrogens with two attached hydrogens (primary N) is 1.